The minimum atomic E-state index is -3.91. The standard InChI is InChI=1S/C30H41N3O7S/c1-22(2)21-27(29(34)31-33(41(4,36)37)24-16-18-25(38-3)19-17-24)26(14-10-13-23-11-6-5-7-12-23)30(35)32-40-28-15-8-9-20-39-28/h5-7,10-13,16-19,22,26-28H,8-9,14-15,20-21H2,1-4H3,(H,31,34)(H,32,35)/b13-10+/t26-,27+,28?/m0/s1. The number of hydrogen-bond acceptors (Lipinski definition) is 7. The summed E-state index contributed by atoms with van der Waals surface area (Å²) in [5, 5.41) is 0. The lowest BCUT2D eigenvalue weighted by molar-refractivity contribution is -0.203. The molecule has 3 atom stereocenters. The number of rotatable bonds is 14. The molecule has 0 aromatic heterocycles. The number of nitrogens with zero attached hydrogens (tertiary/aromatic N) is 1. The molecule has 1 unspecified atom stereocenters. The number of hydroxylamine groups is 1. The van der Waals surface area contributed by atoms with Crippen LogP contribution < -0.4 is 20.1 Å². The highest BCUT2D eigenvalue weighted by Gasteiger charge is 2.36. The van der Waals surface area contributed by atoms with E-state index in [-0.39, 0.29) is 18.0 Å². The van der Waals surface area contributed by atoms with Crippen molar-refractivity contribution in [3.05, 3.63) is 66.2 Å². The van der Waals surface area contributed by atoms with Crippen molar-refractivity contribution in [2.45, 2.75) is 52.2 Å². The van der Waals surface area contributed by atoms with Crippen molar-refractivity contribution in [1.29, 1.82) is 0 Å². The van der Waals surface area contributed by atoms with Crippen molar-refractivity contribution in [1.82, 2.24) is 10.9 Å². The van der Waals surface area contributed by atoms with Crippen LogP contribution in [0.15, 0.2) is 60.7 Å². The van der Waals surface area contributed by atoms with E-state index in [4.69, 9.17) is 14.3 Å². The Labute approximate surface area is 243 Å². The fraction of sp³-hybridized carbons (Fsp3) is 0.467. The molecule has 0 aliphatic carbocycles. The zero-order valence-electron chi connectivity index (χ0n) is 24.1. The molecule has 0 bridgehead atoms. The number of carbonyl (C=O) groups is 2. The van der Waals surface area contributed by atoms with E-state index in [0.29, 0.717) is 25.2 Å². The summed E-state index contributed by atoms with van der Waals surface area (Å²) in [7, 11) is -2.41. The first-order valence-corrected chi connectivity index (χ1v) is 15.7. The summed E-state index contributed by atoms with van der Waals surface area (Å²) in [6.45, 7) is 4.44. The number of sulfonamides is 1. The van der Waals surface area contributed by atoms with Crippen LogP contribution >= 0.6 is 0 Å². The van der Waals surface area contributed by atoms with Gasteiger partial charge in [0.1, 0.15) is 5.75 Å². The smallest absolute Gasteiger partial charge is 0.249 e. The van der Waals surface area contributed by atoms with E-state index >= 15 is 0 Å². The molecule has 2 aromatic rings. The maximum absolute atomic E-state index is 13.8. The highest BCUT2D eigenvalue weighted by Crippen LogP contribution is 2.27. The highest BCUT2D eigenvalue weighted by molar-refractivity contribution is 7.92. The van der Waals surface area contributed by atoms with Crippen molar-refractivity contribution >= 4 is 33.6 Å². The number of ether oxygens (including phenoxy) is 2. The fourth-order valence-corrected chi connectivity index (χ4v) is 5.33. The highest BCUT2D eigenvalue weighted by atomic mass is 32.2. The fourth-order valence-electron chi connectivity index (χ4n) is 4.57. The molecule has 1 fully saturated rings. The van der Waals surface area contributed by atoms with Gasteiger partial charge in [0, 0.05) is 13.0 Å². The molecule has 10 nitrogen and oxygen atoms in total. The van der Waals surface area contributed by atoms with Crippen LogP contribution in [0.5, 0.6) is 5.75 Å². The topological polar surface area (TPSA) is 123 Å². The Morgan fingerprint density at radius 1 is 1.05 bits per heavy atom. The molecule has 1 heterocycles. The van der Waals surface area contributed by atoms with Crippen molar-refractivity contribution in [3.8, 4) is 5.75 Å². The second-order valence-electron chi connectivity index (χ2n) is 10.5. The summed E-state index contributed by atoms with van der Waals surface area (Å²) < 4.78 is 37.0. The lowest BCUT2D eigenvalue weighted by Crippen LogP contribution is -2.51. The predicted molar refractivity (Wildman–Crippen MR) is 158 cm³/mol. The quantitative estimate of drug-likeness (QED) is 0.313. The average molecular weight is 588 g/mol. The monoisotopic (exact) mass is 587 g/mol. The molecule has 2 amide bonds. The normalized spacial score (nSPS) is 17.1. The van der Waals surface area contributed by atoms with E-state index in [1.54, 1.807) is 12.1 Å². The summed E-state index contributed by atoms with van der Waals surface area (Å²) in [6.07, 6.45) is 7.24. The third-order valence-corrected chi connectivity index (χ3v) is 7.63. The molecule has 1 aliphatic heterocycles. The van der Waals surface area contributed by atoms with Gasteiger partial charge in [0.25, 0.3) is 0 Å². The number of nitrogens with one attached hydrogen (secondary N) is 2. The zero-order chi connectivity index (χ0) is 29.8. The van der Waals surface area contributed by atoms with Crippen molar-refractivity contribution in [3.63, 3.8) is 0 Å². The summed E-state index contributed by atoms with van der Waals surface area (Å²) in [4.78, 5) is 32.9. The van der Waals surface area contributed by atoms with E-state index in [1.807, 2.05) is 56.3 Å². The molecular weight excluding hydrogens is 546 g/mol. The van der Waals surface area contributed by atoms with Gasteiger partial charge < -0.3 is 9.47 Å². The number of amides is 2. The van der Waals surface area contributed by atoms with Gasteiger partial charge in [-0.1, -0.05) is 56.3 Å². The number of benzene rings is 2. The molecule has 224 valence electrons. The van der Waals surface area contributed by atoms with Crippen molar-refractivity contribution in [2.24, 2.45) is 17.8 Å². The Morgan fingerprint density at radius 3 is 2.34 bits per heavy atom. The second-order valence-corrected chi connectivity index (χ2v) is 12.3. The van der Waals surface area contributed by atoms with E-state index in [0.717, 1.165) is 29.1 Å². The van der Waals surface area contributed by atoms with Gasteiger partial charge in [0.05, 0.1) is 30.9 Å². The van der Waals surface area contributed by atoms with Gasteiger partial charge in [0.15, 0.2) is 6.29 Å². The predicted octanol–water partition coefficient (Wildman–Crippen LogP) is 4.45. The third-order valence-electron chi connectivity index (χ3n) is 6.66. The van der Waals surface area contributed by atoms with E-state index in [1.165, 1.54) is 19.2 Å². The van der Waals surface area contributed by atoms with Crippen molar-refractivity contribution in [2.75, 3.05) is 24.4 Å². The minimum Gasteiger partial charge on any atom is -0.497 e. The number of hydrogen-bond donors (Lipinski definition) is 2. The van der Waals surface area contributed by atoms with Crippen LogP contribution in [-0.4, -0.2) is 46.5 Å². The van der Waals surface area contributed by atoms with Crippen LogP contribution in [-0.2, 0) is 29.2 Å². The van der Waals surface area contributed by atoms with Gasteiger partial charge in [-0.15, -0.1) is 0 Å². The van der Waals surface area contributed by atoms with Gasteiger partial charge in [-0.2, -0.15) is 4.41 Å². The summed E-state index contributed by atoms with van der Waals surface area (Å²) in [5.74, 6) is -2.22. The lowest BCUT2D eigenvalue weighted by Gasteiger charge is -2.30. The Kier molecular flexibility index (Phi) is 12.2. The Balaban J connectivity index is 1.88. The molecule has 1 saturated heterocycles. The Bertz CT molecular complexity index is 1240. The lowest BCUT2D eigenvalue weighted by atomic mass is 9.82. The second kappa shape index (κ2) is 15.6. The molecule has 1 aliphatic rings. The Hall–Kier alpha value is -3.41. The van der Waals surface area contributed by atoms with Crippen molar-refractivity contribution < 1.29 is 32.3 Å². The first-order valence-electron chi connectivity index (χ1n) is 13.8. The molecule has 41 heavy (non-hydrogen) atoms. The molecule has 0 radical (unpaired) electrons. The van der Waals surface area contributed by atoms with Crippen LogP contribution in [0.25, 0.3) is 6.08 Å². The molecule has 2 N–H and O–H groups in total. The minimum absolute atomic E-state index is 0.0365. The zero-order valence-corrected chi connectivity index (χ0v) is 24.9. The molecular formula is C30H41N3O7S. The molecule has 3 rings (SSSR count). The molecule has 2 aromatic carbocycles. The number of allylic oxidation sites excluding steroid dienone is 1. The van der Waals surface area contributed by atoms with Crippen LogP contribution in [0, 0.1) is 17.8 Å². The number of anilines is 1. The van der Waals surface area contributed by atoms with E-state index < -0.39 is 40.0 Å². The van der Waals surface area contributed by atoms with Gasteiger partial charge in [-0.3, -0.25) is 15.0 Å². The number of hydrazine groups is 1. The van der Waals surface area contributed by atoms with Crippen LogP contribution in [0.2, 0.25) is 0 Å². The molecule has 0 spiro atoms. The number of methoxy groups -OCH3 is 1. The summed E-state index contributed by atoms with van der Waals surface area (Å²) in [6, 6.07) is 15.9. The van der Waals surface area contributed by atoms with Crippen LogP contribution in [0.4, 0.5) is 5.69 Å². The molecule has 0 saturated carbocycles. The first-order chi connectivity index (χ1) is 19.6. The van der Waals surface area contributed by atoms with E-state index in [9.17, 15) is 18.0 Å². The molecule has 11 heteroatoms. The maximum atomic E-state index is 13.8. The Morgan fingerprint density at radius 2 is 1.76 bits per heavy atom. The first kappa shape index (κ1) is 32.1. The van der Waals surface area contributed by atoms with Gasteiger partial charge in [0.2, 0.25) is 21.8 Å². The maximum Gasteiger partial charge on any atom is 0.249 e. The van der Waals surface area contributed by atoms with Crippen LogP contribution in [0.1, 0.15) is 51.5 Å². The largest absolute Gasteiger partial charge is 0.497 e. The van der Waals surface area contributed by atoms with Crippen LogP contribution in [0.3, 0.4) is 0 Å². The van der Waals surface area contributed by atoms with Gasteiger partial charge in [-0.25, -0.2) is 18.7 Å². The summed E-state index contributed by atoms with van der Waals surface area (Å²) >= 11 is 0. The van der Waals surface area contributed by atoms with Gasteiger partial charge >= 0.3 is 0 Å². The summed E-state index contributed by atoms with van der Waals surface area (Å²) in [5.41, 5.74) is 6.25. The average Bonchev–Trinajstić information content (AvgIpc) is 2.96. The SMILES string of the molecule is COc1ccc(N(NC(=O)[C@H](CC(C)C)[C@H](C/C=C/c2ccccc2)C(=O)NOC2CCCCO2)S(C)(=O)=O)cc1. The third kappa shape index (κ3) is 10.2. The number of carbonyl (C=O) groups excluding carboxylic acids is 2. The van der Waals surface area contributed by atoms with E-state index in [2.05, 4.69) is 10.9 Å². The van der Waals surface area contributed by atoms with Gasteiger partial charge in [-0.05, 0) is 61.4 Å².